The normalized spacial score (nSPS) is 14.1. The Morgan fingerprint density at radius 3 is 2.91 bits per heavy atom. The lowest BCUT2D eigenvalue weighted by Gasteiger charge is -2.15. The van der Waals surface area contributed by atoms with Crippen LogP contribution in [-0.4, -0.2) is 37.6 Å². The molecule has 22 heavy (non-hydrogen) atoms. The Morgan fingerprint density at radius 2 is 2.27 bits per heavy atom. The highest BCUT2D eigenvalue weighted by Crippen LogP contribution is 2.22. The summed E-state index contributed by atoms with van der Waals surface area (Å²) in [6.07, 6.45) is 3.85. The fraction of sp³-hybridized carbons (Fsp3) is 0.400. The molecule has 2 N–H and O–H groups in total. The molecule has 7 heteroatoms. The average Bonchev–Trinajstić information content (AvgIpc) is 2.55. The molecule has 1 heterocycles. The highest BCUT2D eigenvalue weighted by Gasteiger charge is 2.15. The number of anilines is 1. The number of amides is 1. The molecular formula is C15H19N3O4. The summed E-state index contributed by atoms with van der Waals surface area (Å²) in [5, 5.41) is 16.5. The summed E-state index contributed by atoms with van der Waals surface area (Å²) in [6.45, 7) is 2.05. The van der Waals surface area contributed by atoms with Gasteiger partial charge in [-0.2, -0.15) is 0 Å². The van der Waals surface area contributed by atoms with E-state index < -0.39 is 4.92 Å². The third-order valence-corrected chi connectivity index (χ3v) is 3.50. The van der Waals surface area contributed by atoms with E-state index in [-0.39, 0.29) is 17.2 Å². The Balaban J connectivity index is 2.07. The number of nitro groups is 1. The summed E-state index contributed by atoms with van der Waals surface area (Å²) in [4.78, 5) is 22.2. The monoisotopic (exact) mass is 305 g/mol. The Bertz CT molecular complexity index is 598. The van der Waals surface area contributed by atoms with Crippen molar-refractivity contribution < 1.29 is 14.5 Å². The van der Waals surface area contributed by atoms with E-state index in [1.165, 1.54) is 24.8 Å². The van der Waals surface area contributed by atoms with E-state index in [9.17, 15) is 14.9 Å². The topological polar surface area (TPSA) is 93.5 Å². The second-order valence-electron chi connectivity index (χ2n) is 4.93. The van der Waals surface area contributed by atoms with Gasteiger partial charge >= 0.3 is 0 Å². The van der Waals surface area contributed by atoms with Gasteiger partial charge in [-0.05, 0) is 18.9 Å². The Hall–Kier alpha value is -2.41. The number of nitrogens with zero attached hydrogens (tertiary/aromatic N) is 1. The van der Waals surface area contributed by atoms with Gasteiger partial charge in [-0.15, -0.1) is 0 Å². The minimum atomic E-state index is -0.511. The molecule has 7 nitrogen and oxygen atoms in total. The molecule has 0 aromatic heterocycles. The van der Waals surface area contributed by atoms with Gasteiger partial charge in [-0.3, -0.25) is 14.9 Å². The fourth-order valence-corrected chi connectivity index (χ4v) is 2.27. The van der Waals surface area contributed by atoms with Crippen LogP contribution in [0, 0.1) is 10.1 Å². The van der Waals surface area contributed by atoms with E-state index in [1.54, 1.807) is 6.07 Å². The van der Waals surface area contributed by atoms with Crippen LogP contribution in [0.25, 0.3) is 0 Å². The molecule has 0 fully saturated rings. The molecule has 1 aromatic carbocycles. The quantitative estimate of drug-likeness (QED) is 0.477. The number of ether oxygens (including phenoxy) is 1. The standard InChI is InChI=1S/C15H19N3O4/c1-16-15(19)13-10-12(18(20)21)2-3-14(13)17-7-4-11-5-8-22-9-6-11/h2-3,5,10,17H,4,6-9H2,1H3,(H,16,19). The van der Waals surface area contributed by atoms with Gasteiger partial charge in [0.2, 0.25) is 0 Å². The first kappa shape index (κ1) is 16.0. The second kappa shape index (κ2) is 7.56. The van der Waals surface area contributed by atoms with E-state index in [0.717, 1.165) is 19.4 Å². The number of hydrogen-bond donors (Lipinski definition) is 2. The number of benzene rings is 1. The molecule has 0 saturated heterocycles. The van der Waals surface area contributed by atoms with Crippen LogP contribution in [0.1, 0.15) is 23.2 Å². The van der Waals surface area contributed by atoms with Gasteiger partial charge in [-0.25, -0.2) is 0 Å². The first-order valence-electron chi connectivity index (χ1n) is 7.12. The van der Waals surface area contributed by atoms with Crippen LogP contribution in [0.5, 0.6) is 0 Å². The van der Waals surface area contributed by atoms with Gasteiger partial charge in [-0.1, -0.05) is 11.6 Å². The minimum absolute atomic E-state index is 0.101. The number of carbonyl (C=O) groups is 1. The zero-order valence-corrected chi connectivity index (χ0v) is 12.4. The summed E-state index contributed by atoms with van der Waals surface area (Å²) in [5.74, 6) is -0.350. The summed E-state index contributed by atoms with van der Waals surface area (Å²) in [7, 11) is 1.50. The van der Waals surface area contributed by atoms with Crippen molar-refractivity contribution in [3.63, 3.8) is 0 Å². The molecule has 0 aliphatic carbocycles. The molecule has 1 aliphatic heterocycles. The Labute approximate surface area is 128 Å². The molecule has 0 unspecified atom stereocenters. The predicted molar refractivity (Wildman–Crippen MR) is 83.1 cm³/mol. The summed E-state index contributed by atoms with van der Waals surface area (Å²) in [5.41, 5.74) is 2.09. The van der Waals surface area contributed by atoms with E-state index in [2.05, 4.69) is 16.7 Å². The second-order valence-corrected chi connectivity index (χ2v) is 4.93. The van der Waals surface area contributed by atoms with Crippen molar-refractivity contribution in [3.05, 3.63) is 45.5 Å². The van der Waals surface area contributed by atoms with Crippen molar-refractivity contribution in [3.8, 4) is 0 Å². The third kappa shape index (κ3) is 4.05. The minimum Gasteiger partial charge on any atom is -0.384 e. The average molecular weight is 305 g/mol. The van der Waals surface area contributed by atoms with Crippen LogP contribution in [0.3, 0.4) is 0 Å². The van der Waals surface area contributed by atoms with Crippen LogP contribution in [-0.2, 0) is 4.74 Å². The number of non-ortho nitro benzene ring substituents is 1. The van der Waals surface area contributed by atoms with Gasteiger partial charge in [0.25, 0.3) is 11.6 Å². The zero-order valence-electron chi connectivity index (χ0n) is 12.4. The number of nitro benzene ring substituents is 1. The van der Waals surface area contributed by atoms with Gasteiger partial charge in [0.05, 0.1) is 23.7 Å². The van der Waals surface area contributed by atoms with Crippen molar-refractivity contribution >= 4 is 17.3 Å². The smallest absolute Gasteiger partial charge is 0.270 e. The Morgan fingerprint density at radius 1 is 1.45 bits per heavy atom. The van der Waals surface area contributed by atoms with Gasteiger partial charge in [0.15, 0.2) is 0 Å². The molecular weight excluding hydrogens is 286 g/mol. The molecule has 0 saturated carbocycles. The van der Waals surface area contributed by atoms with Crippen LogP contribution in [0.15, 0.2) is 29.8 Å². The highest BCUT2D eigenvalue weighted by atomic mass is 16.6. The molecule has 1 amide bonds. The van der Waals surface area contributed by atoms with Crippen LogP contribution < -0.4 is 10.6 Å². The Kier molecular flexibility index (Phi) is 5.48. The largest absolute Gasteiger partial charge is 0.384 e. The van der Waals surface area contributed by atoms with Crippen LogP contribution in [0.4, 0.5) is 11.4 Å². The molecule has 2 rings (SSSR count). The van der Waals surface area contributed by atoms with Gasteiger partial charge in [0, 0.05) is 31.4 Å². The van der Waals surface area contributed by atoms with Crippen molar-refractivity contribution in [1.29, 1.82) is 0 Å². The summed E-state index contributed by atoms with van der Waals surface area (Å²) >= 11 is 0. The molecule has 1 aliphatic rings. The van der Waals surface area contributed by atoms with Crippen molar-refractivity contribution in [2.24, 2.45) is 0 Å². The summed E-state index contributed by atoms with van der Waals surface area (Å²) < 4.78 is 5.25. The predicted octanol–water partition coefficient (Wildman–Crippen LogP) is 2.10. The molecule has 0 bridgehead atoms. The highest BCUT2D eigenvalue weighted by molar-refractivity contribution is 6.00. The number of hydrogen-bond acceptors (Lipinski definition) is 5. The zero-order chi connectivity index (χ0) is 15.9. The van der Waals surface area contributed by atoms with E-state index in [0.29, 0.717) is 18.8 Å². The third-order valence-electron chi connectivity index (χ3n) is 3.50. The lowest BCUT2D eigenvalue weighted by Crippen LogP contribution is -2.20. The van der Waals surface area contributed by atoms with Gasteiger partial charge in [0.1, 0.15) is 0 Å². The first-order chi connectivity index (χ1) is 10.6. The molecule has 0 radical (unpaired) electrons. The van der Waals surface area contributed by atoms with Crippen LogP contribution >= 0.6 is 0 Å². The lowest BCUT2D eigenvalue weighted by atomic mass is 10.1. The number of carbonyl (C=O) groups excluding carboxylic acids is 1. The molecule has 118 valence electrons. The maximum atomic E-state index is 11.9. The van der Waals surface area contributed by atoms with E-state index >= 15 is 0 Å². The fourth-order valence-electron chi connectivity index (χ4n) is 2.27. The number of rotatable bonds is 6. The number of nitrogens with one attached hydrogen (secondary N) is 2. The van der Waals surface area contributed by atoms with Crippen molar-refractivity contribution in [1.82, 2.24) is 5.32 Å². The SMILES string of the molecule is CNC(=O)c1cc([N+](=O)[O-])ccc1NCCC1=CCOCC1. The van der Waals surface area contributed by atoms with Crippen LogP contribution in [0.2, 0.25) is 0 Å². The van der Waals surface area contributed by atoms with Crippen molar-refractivity contribution in [2.75, 3.05) is 32.1 Å². The molecule has 1 aromatic rings. The first-order valence-corrected chi connectivity index (χ1v) is 7.12. The maximum Gasteiger partial charge on any atom is 0.270 e. The van der Waals surface area contributed by atoms with E-state index in [4.69, 9.17) is 4.74 Å². The van der Waals surface area contributed by atoms with Crippen molar-refractivity contribution in [2.45, 2.75) is 12.8 Å². The molecule has 0 atom stereocenters. The maximum absolute atomic E-state index is 11.9. The summed E-state index contributed by atoms with van der Waals surface area (Å²) in [6, 6.07) is 4.25. The van der Waals surface area contributed by atoms with E-state index in [1.807, 2.05) is 0 Å². The van der Waals surface area contributed by atoms with Gasteiger partial charge < -0.3 is 15.4 Å². The molecule has 0 spiro atoms. The lowest BCUT2D eigenvalue weighted by molar-refractivity contribution is -0.384.